The molecule has 2 heterocycles. The van der Waals surface area contributed by atoms with Gasteiger partial charge in [-0.3, -0.25) is 14.5 Å². The van der Waals surface area contributed by atoms with E-state index in [9.17, 15) is 24.8 Å². The quantitative estimate of drug-likeness (QED) is 0.499. The number of carbonyl (C=O) groups excluding carboxylic acids is 2. The minimum Gasteiger partial charge on any atom is -0.478 e. The third-order valence-electron chi connectivity index (χ3n) is 7.66. The molecular weight excluding hydrogens is 434 g/mol. The van der Waals surface area contributed by atoms with E-state index < -0.39 is 18.1 Å². The average molecular weight is 468 g/mol. The van der Waals surface area contributed by atoms with Crippen LogP contribution in [0.15, 0.2) is 18.2 Å². The van der Waals surface area contributed by atoms with E-state index in [0.717, 1.165) is 30.4 Å². The first-order valence-corrected chi connectivity index (χ1v) is 12.1. The fourth-order valence-corrected chi connectivity index (χ4v) is 5.64. The first-order valence-electron chi connectivity index (χ1n) is 12.1. The number of hydrogen-bond donors (Lipinski definition) is 3. The van der Waals surface area contributed by atoms with Crippen LogP contribution < -0.4 is 11.1 Å². The van der Waals surface area contributed by atoms with Crippen molar-refractivity contribution in [3.63, 3.8) is 0 Å². The Kier molecular flexibility index (Phi) is 6.91. The zero-order chi connectivity index (χ0) is 24.6. The van der Waals surface area contributed by atoms with Crippen LogP contribution in [-0.4, -0.2) is 69.9 Å². The topological polar surface area (TPSA) is 140 Å². The summed E-state index contributed by atoms with van der Waals surface area (Å²) in [4.78, 5) is 41.1. The number of nitrogens with zero attached hydrogens (tertiary/aromatic N) is 3. The molecule has 4 unspecified atom stereocenters. The number of likely N-dealkylation sites (tertiary alicyclic amines) is 2. The van der Waals surface area contributed by atoms with E-state index in [1.807, 2.05) is 29.7 Å². The molecule has 2 aliphatic heterocycles. The van der Waals surface area contributed by atoms with Crippen molar-refractivity contribution in [3.8, 4) is 6.07 Å². The van der Waals surface area contributed by atoms with Gasteiger partial charge in [-0.15, -0.1) is 0 Å². The van der Waals surface area contributed by atoms with Gasteiger partial charge in [0.15, 0.2) is 0 Å². The maximum absolute atomic E-state index is 13.3. The van der Waals surface area contributed by atoms with E-state index in [2.05, 4.69) is 11.4 Å². The number of carbonyl (C=O) groups is 3. The number of hydrogen-bond acceptors (Lipinski definition) is 6. The molecule has 9 nitrogen and oxygen atoms in total. The summed E-state index contributed by atoms with van der Waals surface area (Å²) in [7, 11) is 0. The normalized spacial score (nSPS) is 26.1. The zero-order valence-electron chi connectivity index (χ0n) is 19.7. The summed E-state index contributed by atoms with van der Waals surface area (Å²) in [5.41, 5.74) is 8.48. The van der Waals surface area contributed by atoms with Crippen LogP contribution >= 0.6 is 0 Å². The number of nitriles is 1. The number of carboxylic acids is 1. The average Bonchev–Trinajstić information content (AvgIpc) is 3.50. The summed E-state index contributed by atoms with van der Waals surface area (Å²) in [5, 5.41) is 21.4. The Morgan fingerprint density at radius 3 is 2.76 bits per heavy atom. The van der Waals surface area contributed by atoms with Crippen molar-refractivity contribution < 1.29 is 19.5 Å². The summed E-state index contributed by atoms with van der Waals surface area (Å²) in [5.74, 6) is -0.924. The highest BCUT2D eigenvalue weighted by Crippen LogP contribution is 2.44. The maximum atomic E-state index is 13.3. The molecule has 1 aromatic rings. The molecule has 2 bridgehead atoms. The van der Waals surface area contributed by atoms with Crippen LogP contribution in [0.3, 0.4) is 0 Å². The van der Waals surface area contributed by atoms with Gasteiger partial charge in [-0.05, 0) is 54.9 Å². The predicted molar refractivity (Wildman–Crippen MR) is 125 cm³/mol. The van der Waals surface area contributed by atoms with E-state index in [0.29, 0.717) is 25.3 Å². The Bertz CT molecular complexity index is 1020. The van der Waals surface area contributed by atoms with E-state index in [-0.39, 0.29) is 42.0 Å². The van der Waals surface area contributed by atoms with Crippen LogP contribution in [0, 0.1) is 17.2 Å². The molecule has 2 fully saturated rings. The summed E-state index contributed by atoms with van der Waals surface area (Å²) < 4.78 is 0. The number of rotatable bonds is 9. The Labute approximate surface area is 199 Å². The maximum Gasteiger partial charge on any atom is 0.335 e. The third kappa shape index (κ3) is 4.52. The molecule has 0 saturated carbocycles. The van der Waals surface area contributed by atoms with E-state index in [1.165, 1.54) is 0 Å². The smallest absolute Gasteiger partial charge is 0.335 e. The van der Waals surface area contributed by atoms with Gasteiger partial charge in [-0.1, -0.05) is 26.3 Å². The van der Waals surface area contributed by atoms with Crippen molar-refractivity contribution >= 4 is 17.8 Å². The highest BCUT2D eigenvalue weighted by atomic mass is 16.4. The molecule has 0 aromatic heterocycles. The van der Waals surface area contributed by atoms with Gasteiger partial charge in [0, 0.05) is 19.1 Å². The molecule has 2 amide bonds. The van der Waals surface area contributed by atoms with Crippen molar-refractivity contribution in [2.75, 3.05) is 13.1 Å². The number of aromatic carboxylic acids is 1. The van der Waals surface area contributed by atoms with E-state index in [4.69, 9.17) is 5.73 Å². The Hall–Kier alpha value is -2.96. The second kappa shape index (κ2) is 9.72. The van der Waals surface area contributed by atoms with Crippen LogP contribution in [0.5, 0.6) is 0 Å². The zero-order valence-corrected chi connectivity index (χ0v) is 19.7. The number of nitrogens with two attached hydrogens (primary N) is 1. The number of aryl methyl sites for hydroxylation is 1. The van der Waals surface area contributed by atoms with Crippen LogP contribution in [0.4, 0.5) is 0 Å². The Morgan fingerprint density at radius 1 is 1.35 bits per heavy atom. The molecule has 182 valence electrons. The van der Waals surface area contributed by atoms with Crippen molar-refractivity contribution in [2.24, 2.45) is 11.7 Å². The van der Waals surface area contributed by atoms with Gasteiger partial charge in [-0.2, -0.15) is 5.26 Å². The number of nitrogens with one attached hydrogen (secondary N) is 1. The summed E-state index contributed by atoms with van der Waals surface area (Å²) in [6.45, 7) is 5.03. The molecular formula is C25H33N5O4. The molecule has 3 aliphatic rings. The monoisotopic (exact) mass is 467 g/mol. The SMILES string of the molecule is CCC(C)CC(C#N)NC(=O)C(N)CN1C[C@@H]2CC1C(=O)N2[C@H]1CCc2cc(C(=O)O)ccc21. The number of fused-ring (bicyclic) bond motifs is 3. The molecule has 0 radical (unpaired) electrons. The molecule has 0 spiro atoms. The lowest BCUT2D eigenvalue weighted by Gasteiger charge is -2.38. The van der Waals surface area contributed by atoms with Gasteiger partial charge >= 0.3 is 5.97 Å². The van der Waals surface area contributed by atoms with Crippen molar-refractivity contribution in [3.05, 3.63) is 34.9 Å². The van der Waals surface area contributed by atoms with Gasteiger partial charge in [0.2, 0.25) is 11.8 Å². The minimum absolute atomic E-state index is 0.0311. The van der Waals surface area contributed by atoms with E-state index in [1.54, 1.807) is 12.1 Å². The van der Waals surface area contributed by atoms with Crippen LogP contribution in [0.2, 0.25) is 0 Å². The summed E-state index contributed by atoms with van der Waals surface area (Å²) in [6, 6.07) is 5.67. The fraction of sp³-hybridized carbons (Fsp3) is 0.600. The first kappa shape index (κ1) is 24.2. The fourth-order valence-electron chi connectivity index (χ4n) is 5.64. The number of carboxylic acid groups (broad SMARTS) is 1. The molecule has 9 heteroatoms. The molecule has 4 N–H and O–H groups in total. The van der Waals surface area contributed by atoms with Gasteiger partial charge in [0.25, 0.3) is 0 Å². The molecule has 1 aromatic carbocycles. The molecule has 1 aliphatic carbocycles. The van der Waals surface area contributed by atoms with Gasteiger partial charge < -0.3 is 21.1 Å². The highest BCUT2D eigenvalue weighted by Gasteiger charge is 2.53. The van der Waals surface area contributed by atoms with Gasteiger partial charge in [-0.25, -0.2) is 4.79 Å². The lowest BCUT2D eigenvalue weighted by atomic mass is 10.00. The minimum atomic E-state index is -0.945. The second-order valence-corrected chi connectivity index (χ2v) is 9.92. The molecule has 34 heavy (non-hydrogen) atoms. The standard InChI is InChI=1S/C25H33N5O4/c1-3-14(2)8-17(11-26)28-23(31)20(27)13-29-12-18-10-22(29)24(32)30(18)21-7-5-15-9-16(25(33)34)4-6-19(15)21/h4,6,9,14,17-18,20-22H,3,5,7-8,10,12-13,27H2,1-2H3,(H,28,31)(H,33,34)/t14?,17?,18-,20?,21-,22?/m0/s1. The Morgan fingerprint density at radius 2 is 2.12 bits per heavy atom. The van der Waals surface area contributed by atoms with Crippen LogP contribution in [-0.2, 0) is 16.0 Å². The van der Waals surface area contributed by atoms with E-state index >= 15 is 0 Å². The number of amides is 2. The van der Waals surface area contributed by atoms with Gasteiger partial charge in [0.1, 0.15) is 6.04 Å². The van der Waals surface area contributed by atoms with Crippen molar-refractivity contribution in [2.45, 2.75) is 76.2 Å². The third-order valence-corrected chi connectivity index (χ3v) is 7.66. The van der Waals surface area contributed by atoms with Gasteiger partial charge in [0.05, 0.1) is 29.8 Å². The number of piperazine rings is 1. The largest absolute Gasteiger partial charge is 0.478 e. The van der Waals surface area contributed by atoms with Crippen LogP contribution in [0.25, 0.3) is 0 Å². The van der Waals surface area contributed by atoms with Crippen molar-refractivity contribution in [1.82, 2.24) is 15.1 Å². The second-order valence-electron chi connectivity index (χ2n) is 9.92. The first-order chi connectivity index (χ1) is 16.2. The van der Waals surface area contributed by atoms with Crippen LogP contribution in [0.1, 0.15) is 67.1 Å². The predicted octanol–water partition coefficient (Wildman–Crippen LogP) is 1.43. The summed E-state index contributed by atoms with van der Waals surface area (Å²) >= 11 is 0. The lowest BCUT2D eigenvalue weighted by Crippen LogP contribution is -2.56. The number of benzene rings is 1. The molecule has 4 rings (SSSR count). The molecule has 2 saturated heterocycles. The molecule has 6 atom stereocenters. The summed E-state index contributed by atoms with van der Waals surface area (Å²) in [6.07, 6.45) is 3.78. The highest BCUT2D eigenvalue weighted by molar-refractivity contribution is 5.89. The lowest BCUT2D eigenvalue weighted by molar-refractivity contribution is -0.140. The Balaban J connectivity index is 1.36. The van der Waals surface area contributed by atoms with Crippen molar-refractivity contribution in [1.29, 1.82) is 5.26 Å².